The summed E-state index contributed by atoms with van der Waals surface area (Å²) in [6.07, 6.45) is 8.27. The molecular weight excluding hydrogens is 468 g/mol. The summed E-state index contributed by atoms with van der Waals surface area (Å²) in [5.74, 6) is 3.01. The highest BCUT2D eigenvalue weighted by molar-refractivity contribution is 5.65. The fourth-order valence-electron chi connectivity index (χ4n) is 4.00. The van der Waals surface area contributed by atoms with Crippen molar-refractivity contribution in [3.8, 4) is 0 Å². The first-order valence-corrected chi connectivity index (χ1v) is 12.2. The number of nitrogens with one attached hydrogen (secondary N) is 3. The molecule has 0 aliphatic heterocycles. The largest absolute Gasteiger partial charge is 0.363 e. The number of benzene rings is 1. The van der Waals surface area contributed by atoms with Crippen LogP contribution in [0.1, 0.15) is 30.0 Å². The molecule has 5 rings (SSSR count). The molecule has 3 N–H and O–H groups in total. The van der Waals surface area contributed by atoms with Crippen molar-refractivity contribution in [1.82, 2.24) is 39.2 Å². The third kappa shape index (κ3) is 5.37. The molecular formula is C25H34N12. The second kappa shape index (κ2) is 11.5. The van der Waals surface area contributed by atoms with Crippen LogP contribution in [0.5, 0.6) is 0 Å². The molecule has 0 bridgehead atoms. The normalized spacial score (nSPS) is 10.8. The molecule has 12 nitrogen and oxygen atoms in total. The summed E-state index contributed by atoms with van der Waals surface area (Å²) in [6, 6.07) is 6.32. The van der Waals surface area contributed by atoms with Crippen molar-refractivity contribution in [2.75, 3.05) is 48.5 Å². The Bertz CT molecular complexity index is 1470. The molecule has 0 fully saturated rings. The maximum Gasteiger partial charge on any atom is 0.228 e. The van der Waals surface area contributed by atoms with Gasteiger partial charge >= 0.3 is 0 Å². The first-order valence-electron chi connectivity index (χ1n) is 12.2. The topological polar surface area (TPSA) is 125 Å². The summed E-state index contributed by atoms with van der Waals surface area (Å²) in [6.45, 7) is 8.06. The Kier molecular flexibility index (Phi) is 7.96. The zero-order chi connectivity index (χ0) is 26.4. The van der Waals surface area contributed by atoms with Crippen LogP contribution in [0.25, 0.3) is 11.3 Å². The molecule has 0 aliphatic carbocycles. The van der Waals surface area contributed by atoms with E-state index in [4.69, 9.17) is 0 Å². The molecule has 12 heteroatoms. The Balaban J connectivity index is 0.000000180. The Morgan fingerprint density at radius 1 is 0.865 bits per heavy atom. The Morgan fingerprint density at radius 3 is 2.19 bits per heavy atom. The molecule has 0 saturated carbocycles. The second-order valence-corrected chi connectivity index (χ2v) is 8.60. The number of fused-ring (bicyclic) bond motifs is 2. The van der Waals surface area contributed by atoms with Gasteiger partial charge in [0.25, 0.3) is 0 Å². The van der Waals surface area contributed by atoms with Gasteiger partial charge in [-0.05, 0) is 37.0 Å². The number of aryl methyl sites for hydroxylation is 1. The van der Waals surface area contributed by atoms with Crippen LogP contribution in [0.15, 0.2) is 43.0 Å². The van der Waals surface area contributed by atoms with Gasteiger partial charge in [-0.25, -0.2) is 9.97 Å². The van der Waals surface area contributed by atoms with Gasteiger partial charge in [-0.15, -0.1) is 20.4 Å². The standard InChI is InChI=1S/C15H18N6.C10H16N6/c1-10-5-4-6-12(11(10)2)9-18-13-14-19-20-15(16-3)21(14)8-7-17-13;1-4-6-15(3)8-9-13-14-10(11-2)16(9)7-5-12-8/h4-8H,9H2,1-3H3,(H,16,20)(H,17,18);5,7H,4,6H2,1-3H3,(H,11,14). The first-order chi connectivity index (χ1) is 18.0. The fourth-order valence-corrected chi connectivity index (χ4v) is 4.00. The predicted octanol–water partition coefficient (Wildman–Crippen LogP) is 3.41. The highest BCUT2D eigenvalue weighted by Crippen LogP contribution is 2.19. The molecule has 37 heavy (non-hydrogen) atoms. The molecule has 0 saturated heterocycles. The van der Waals surface area contributed by atoms with Gasteiger partial charge < -0.3 is 20.9 Å². The number of rotatable bonds is 8. The summed E-state index contributed by atoms with van der Waals surface area (Å²) < 4.78 is 3.77. The molecule has 194 valence electrons. The van der Waals surface area contributed by atoms with Crippen molar-refractivity contribution >= 4 is 34.8 Å². The van der Waals surface area contributed by atoms with E-state index in [1.54, 1.807) is 12.4 Å². The van der Waals surface area contributed by atoms with Crippen LogP contribution in [0.2, 0.25) is 0 Å². The van der Waals surface area contributed by atoms with Gasteiger partial charge in [-0.2, -0.15) is 0 Å². The summed E-state index contributed by atoms with van der Waals surface area (Å²) >= 11 is 0. The first kappa shape index (κ1) is 25.6. The summed E-state index contributed by atoms with van der Waals surface area (Å²) in [5.41, 5.74) is 5.34. The van der Waals surface area contributed by atoms with Crippen LogP contribution in [-0.4, -0.2) is 66.9 Å². The van der Waals surface area contributed by atoms with Crippen LogP contribution in [-0.2, 0) is 6.54 Å². The van der Waals surface area contributed by atoms with Crippen molar-refractivity contribution in [3.63, 3.8) is 0 Å². The molecule has 5 aromatic rings. The number of hydrogen-bond donors (Lipinski definition) is 3. The number of aromatic nitrogens is 8. The SMILES string of the molecule is CCCN(C)c1nccn2c(NC)nnc12.CNc1nnc2c(NCc3cccc(C)c3C)nccn12. The van der Waals surface area contributed by atoms with Gasteiger partial charge in [-0.1, -0.05) is 25.1 Å². The van der Waals surface area contributed by atoms with E-state index in [2.05, 4.69) is 90.2 Å². The molecule has 0 unspecified atom stereocenters. The van der Waals surface area contributed by atoms with Crippen molar-refractivity contribution in [1.29, 1.82) is 0 Å². The summed E-state index contributed by atoms with van der Waals surface area (Å²) in [5, 5.41) is 25.8. The van der Waals surface area contributed by atoms with Gasteiger partial charge in [0.2, 0.25) is 23.2 Å². The van der Waals surface area contributed by atoms with E-state index >= 15 is 0 Å². The lowest BCUT2D eigenvalue weighted by molar-refractivity contribution is 0.835. The van der Waals surface area contributed by atoms with E-state index in [0.717, 1.165) is 36.2 Å². The maximum atomic E-state index is 4.36. The van der Waals surface area contributed by atoms with Crippen LogP contribution < -0.4 is 20.9 Å². The third-order valence-electron chi connectivity index (χ3n) is 6.17. The minimum Gasteiger partial charge on any atom is -0.363 e. The van der Waals surface area contributed by atoms with E-state index in [0.29, 0.717) is 18.1 Å². The maximum absolute atomic E-state index is 4.36. The van der Waals surface area contributed by atoms with Crippen molar-refractivity contribution in [2.45, 2.75) is 33.7 Å². The van der Waals surface area contributed by atoms with Crippen molar-refractivity contribution in [3.05, 3.63) is 59.7 Å². The second-order valence-electron chi connectivity index (χ2n) is 8.60. The number of anilines is 4. The smallest absolute Gasteiger partial charge is 0.228 e. The molecule has 0 amide bonds. The summed E-state index contributed by atoms with van der Waals surface area (Å²) in [4.78, 5) is 10.8. The van der Waals surface area contributed by atoms with Crippen LogP contribution in [0.4, 0.5) is 23.5 Å². The molecule has 0 aliphatic rings. The van der Waals surface area contributed by atoms with Crippen LogP contribution in [0.3, 0.4) is 0 Å². The minimum atomic E-state index is 0.696. The van der Waals surface area contributed by atoms with Gasteiger partial charge in [0.1, 0.15) is 0 Å². The van der Waals surface area contributed by atoms with Crippen LogP contribution >= 0.6 is 0 Å². The quantitative estimate of drug-likeness (QED) is 0.291. The molecule has 1 aromatic carbocycles. The third-order valence-corrected chi connectivity index (χ3v) is 6.17. The fraction of sp³-hybridized carbons (Fsp3) is 0.360. The van der Waals surface area contributed by atoms with E-state index in [1.165, 1.54) is 16.7 Å². The highest BCUT2D eigenvalue weighted by Gasteiger charge is 2.12. The zero-order valence-electron chi connectivity index (χ0n) is 22.2. The predicted molar refractivity (Wildman–Crippen MR) is 147 cm³/mol. The molecule has 0 spiro atoms. The van der Waals surface area contributed by atoms with E-state index in [-0.39, 0.29) is 0 Å². The number of nitrogens with zero attached hydrogens (tertiary/aromatic N) is 9. The Morgan fingerprint density at radius 2 is 1.51 bits per heavy atom. The van der Waals surface area contributed by atoms with Gasteiger partial charge in [0.15, 0.2) is 11.6 Å². The van der Waals surface area contributed by atoms with Crippen molar-refractivity contribution in [2.24, 2.45) is 0 Å². The van der Waals surface area contributed by atoms with Crippen LogP contribution in [0, 0.1) is 13.8 Å². The lowest BCUT2D eigenvalue weighted by Crippen LogP contribution is -2.20. The molecule has 4 aromatic heterocycles. The van der Waals surface area contributed by atoms with E-state index in [9.17, 15) is 0 Å². The van der Waals surface area contributed by atoms with Crippen molar-refractivity contribution < 1.29 is 0 Å². The molecule has 4 heterocycles. The number of hydrogen-bond acceptors (Lipinski definition) is 10. The Hall–Kier alpha value is -4.48. The lowest BCUT2D eigenvalue weighted by Gasteiger charge is -2.16. The minimum absolute atomic E-state index is 0.696. The van der Waals surface area contributed by atoms with E-state index < -0.39 is 0 Å². The average molecular weight is 503 g/mol. The average Bonchev–Trinajstić information content (AvgIpc) is 3.54. The molecule has 0 radical (unpaired) electrons. The van der Waals surface area contributed by atoms with E-state index in [1.807, 2.05) is 42.3 Å². The zero-order valence-corrected chi connectivity index (χ0v) is 22.2. The molecule has 0 atom stereocenters. The summed E-state index contributed by atoms with van der Waals surface area (Å²) in [7, 11) is 5.66. The monoisotopic (exact) mass is 502 g/mol. The van der Waals surface area contributed by atoms with Gasteiger partial charge in [0, 0.05) is 59.0 Å². The lowest BCUT2D eigenvalue weighted by atomic mass is 10.0. The highest BCUT2D eigenvalue weighted by atomic mass is 15.3. The van der Waals surface area contributed by atoms with Gasteiger partial charge in [-0.3, -0.25) is 8.80 Å². The van der Waals surface area contributed by atoms with Gasteiger partial charge in [0.05, 0.1) is 0 Å². The Labute approximate surface area is 216 Å².